The van der Waals surface area contributed by atoms with Gasteiger partial charge in [0.1, 0.15) is 5.82 Å². The van der Waals surface area contributed by atoms with Gasteiger partial charge < -0.3 is 10.2 Å². The summed E-state index contributed by atoms with van der Waals surface area (Å²) in [5.74, 6) is -0.768. The molecule has 6 nitrogen and oxygen atoms in total. The van der Waals surface area contributed by atoms with Crippen LogP contribution in [-0.4, -0.2) is 37.6 Å². The smallest absolute Gasteiger partial charge is 0.259 e. The first-order valence-electron chi connectivity index (χ1n) is 11.5. The van der Waals surface area contributed by atoms with Crippen LogP contribution in [0.15, 0.2) is 52.4 Å². The molecule has 0 radical (unpaired) electrons. The van der Waals surface area contributed by atoms with Gasteiger partial charge in [0.15, 0.2) is 9.84 Å². The molecule has 1 saturated carbocycles. The molecule has 1 aliphatic carbocycles. The van der Waals surface area contributed by atoms with E-state index in [0.717, 1.165) is 25.7 Å². The molecule has 0 bridgehead atoms. The van der Waals surface area contributed by atoms with Crippen LogP contribution in [0.3, 0.4) is 0 Å². The first-order valence-corrected chi connectivity index (χ1v) is 13.0. The van der Waals surface area contributed by atoms with Gasteiger partial charge in [-0.15, -0.1) is 0 Å². The van der Waals surface area contributed by atoms with Crippen molar-refractivity contribution in [3.63, 3.8) is 0 Å². The third-order valence-electron chi connectivity index (χ3n) is 6.62. The number of piperidine rings is 1. The summed E-state index contributed by atoms with van der Waals surface area (Å²) in [6.45, 7) is 5.50. The Kier molecular flexibility index (Phi) is 6.83. The maximum atomic E-state index is 14.0. The number of carbonyl (C=O) groups is 1. The Morgan fingerprint density at radius 1 is 1.09 bits per heavy atom. The van der Waals surface area contributed by atoms with Crippen molar-refractivity contribution in [2.45, 2.75) is 62.5 Å². The highest BCUT2D eigenvalue weighted by Crippen LogP contribution is 2.31. The molecule has 1 N–H and O–H groups in total. The number of carbonyl (C=O) groups excluding carboxylic acids is 1. The number of anilines is 2. The van der Waals surface area contributed by atoms with Gasteiger partial charge in [-0.3, -0.25) is 4.79 Å². The van der Waals surface area contributed by atoms with E-state index >= 15 is 0 Å². The molecule has 2 aliphatic rings. The van der Waals surface area contributed by atoms with Crippen molar-refractivity contribution in [2.75, 3.05) is 23.3 Å². The van der Waals surface area contributed by atoms with Crippen LogP contribution in [-0.2, 0) is 9.84 Å². The van der Waals surface area contributed by atoms with Gasteiger partial charge in [-0.2, -0.15) is 4.39 Å². The predicted octanol–water partition coefficient (Wildman–Crippen LogP) is 5.13. The zero-order valence-electron chi connectivity index (χ0n) is 19.1. The largest absolute Gasteiger partial charge is 0.355 e. The van der Waals surface area contributed by atoms with Crippen LogP contribution in [0.25, 0.3) is 0 Å². The van der Waals surface area contributed by atoms with Gasteiger partial charge in [0, 0.05) is 18.8 Å². The highest BCUT2D eigenvalue weighted by molar-refractivity contribution is 7.92. The Balaban J connectivity index is 1.56. The molecule has 33 heavy (non-hydrogen) atoms. The second kappa shape index (κ2) is 9.63. The van der Waals surface area contributed by atoms with Crippen molar-refractivity contribution in [3.05, 3.63) is 59.1 Å². The van der Waals surface area contributed by atoms with Crippen molar-refractivity contribution < 1.29 is 17.6 Å². The van der Waals surface area contributed by atoms with Crippen LogP contribution in [0.1, 0.15) is 62.7 Å². The predicted molar refractivity (Wildman–Crippen MR) is 128 cm³/mol. The first kappa shape index (κ1) is 23.4. The molecule has 0 unspecified atom stereocenters. The molecular weight excluding hydrogens is 441 g/mol. The lowest BCUT2D eigenvalue weighted by Crippen LogP contribution is -2.33. The van der Waals surface area contributed by atoms with E-state index in [1.807, 2.05) is 4.90 Å². The number of amides is 1. The fourth-order valence-corrected chi connectivity index (χ4v) is 6.57. The minimum atomic E-state index is -3.43. The highest BCUT2D eigenvalue weighted by atomic mass is 32.2. The Bertz CT molecular complexity index is 1170. The molecule has 1 aromatic carbocycles. The normalized spacial score (nSPS) is 17.3. The summed E-state index contributed by atoms with van der Waals surface area (Å²) in [6.07, 6.45) is 4.89. The molecule has 176 valence electrons. The van der Waals surface area contributed by atoms with Gasteiger partial charge >= 0.3 is 0 Å². The lowest BCUT2D eigenvalue weighted by Gasteiger charge is -2.31. The number of hydrogen-bond donors (Lipinski definition) is 1. The topological polar surface area (TPSA) is 79.4 Å². The number of nitrogens with one attached hydrogen (secondary N) is 1. The molecule has 1 aromatic heterocycles. The third kappa shape index (κ3) is 5.11. The number of benzene rings is 1. The average Bonchev–Trinajstić information content (AvgIpc) is 3.35. The maximum Gasteiger partial charge on any atom is 0.259 e. The minimum Gasteiger partial charge on any atom is -0.355 e. The quantitative estimate of drug-likeness (QED) is 0.483. The number of aromatic nitrogens is 1. The summed E-state index contributed by atoms with van der Waals surface area (Å²) in [4.78, 5) is 19.3. The number of rotatable bonds is 5. The second-order valence-electron chi connectivity index (χ2n) is 9.03. The lowest BCUT2D eigenvalue weighted by molar-refractivity contribution is 0.102. The molecule has 0 spiro atoms. The van der Waals surface area contributed by atoms with Gasteiger partial charge in [0.25, 0.3) is 5.91 Å². The standard InChI is InChI=1S/C25H30FN3O3S/c1-17(2)18-12-14-29(15-13-18)24-22(10-11-23(26)28-24)25(30)27-19-6-5-9-21(16-19)33(31,32)20-7-3-4-8-20/h5-6,9-11,16,20H,3-4,7-8,12-15H2,1-2H3,(H,27,30). The number of allylic oxidation sites excluding steroid dienone is 1. The Morgan fingerprint density at radius 3 is 2.45 bits per heavy atom. The zero-order chi connectivity index (χ0) is 23.6. The van der Waals surface area contributed by atoms with E-state index in [1.54, 1.807) is 18.2 Å². The van der Waals surface area contributed by atoms with Crippen LogP contribution in [0.5, 0.6) is 0 Å². The molecule has 2 aromatic rings. The van der Waals surface area contributed by atoms with Crippen molar-refractivity contribution in [1.29, 1.82) is 0 Å². The van der Waals surface area contributed by atoms with Gasteiger partial charge in [-0.05, 0) is 69.9 Å². The highest BCUT2D eigenvalue weighted by Gasteiger charge is 2.30. The van der Waals surface area contributed by atoms with Crippen LogP contribution < -0.4 is 10.2 Å². The summed E-state index contributed by atoms with van der Waals surface area (Å²) >= 11 is 0. The lowest BCUT2D eigenvalue weighted by atomic mass is 9.99. The number of halogens is 1. The Hall–Kier alpha value is -2.74. The van der Waals surface area contributed by atoms with Crippen LogP contribution in [0.2, 0.25) is 0 Å². The van der Waals surface area contributed by atoms with E-state index in [2.05, 4.69) is 24.1 Å². The second-order valence-corrected chi connectivity index (χ2v) is 11.3. The van der Waals surface area contributed by atoms with Crippen molar-refractivity contribution in [2.24, 2.45) is 0 Å². The molecule has 8 heteroatoms. The van der Waals surface area contributed by atoms with E-state index in [-0.39, 0.29) is 15.7 Å². The third-order valence-corrected chi connectivity index (χ3v) is 8.88. The maximum absolute atomic E-state index is 14.0. The monoisotopic (exact) mass is 471 g/mol. The number of hydrogen-bond acceptors (Lipinski definition) is 5. The SMILES string of the molecule is CC(C)=C1CCN(c2nc(F)ccc2C(=O)Nc2cccc(S(=O)(=O)C3CCCC3)c2)CC1. The summed E-state index contributed by atoms with van der Waals surface area (Å²) in [5, 5.41) is 2.43. The summed E-state index contributed by atoms with van der Waals surface area (Å²) in [7, 11) is -3.43. The van der Waals surface area contributed by atoms with Gasteiger partial charge in [0.05, 0.1) is 15.7 Å². The first-order chi connectivity index (χ1) is 15.8. The summed E-state index contributed by atoms with van der Waals surface area (Å²) < 4.78 is 39.9. The minimum absolute atomic E-state index is 0.218. The van der Waals surface area contributed by atoms with Crippen LogP contribution >= 0.6 is 0 Å². The Morgan fingerprint density at radius 2 is 1.79 bits per heavy atom. The fourth-order valence-electron chi connectivity index (χ4n) is 4.67. The van der Waals surface area contributed by atoms with Crippen LogP contribution in [0, 0.1) is 5.95 Å². The molecular formula is C25H30FN3O3S. The van der Waals surface area contributed by atoms with Crippen molar-refractivity contribution in [1.82, 2.24) is 4.98 Å². The van der Waals surface area contributed by atoms with Gasteiger partial charge in [-0.1, -0.05) is 30.1 Å². The van der Waals surface area contributed by atoms with Gasteiger partial charge in [0.2, 0.25) is 5.95 Å². The summed E-state index contributed by atoms with van der Waals surface area (Å²) in [5.41, 5.74) is 3.34. The molecule has 2 fully saturated rings. The Labute approximate surface area is 194 Å². The van der Waals surface area contributed by atoms with E-state index < -0.39 is 21.7 Å². The van der Waals surface area contributed by atoms with E-state index in [4.69, 9.17) is 0 Å². The van der Waals surface area contributed by atoms with Crippen molar-refractivity contribution in [3.8, 4) is 0 Å². The van der Waals surface area contributed by atoms with Crippen LogP contribution in [0.4, 0.5) is 15.9 Å². The van der Waals surface area contributed by atoms with E-state index in [0.29, 0.717) is 37.4 Å². The van der Waals surface area contributed by atoms with Gasteiger partial charge in [-0.25, -0.2) is 13.4 Å². The van der Waals surface area contributed by atoms with Crippen molar-refractivity contribution >= 4 is 27.2 Å². The number of sulfone groups is 1. The molecule has 4 rings (SSSR count). The summed E-state index contributed by atoms with van der Waals surface area (Å²) in [6, 6.07) is 8.97. The number of pyridine rings is 1. The van der Waals surface area contributed by atoms with E-state index in [9.17, 15) is 17.6 Å². The average molecular weight is 472 g/mol. The van der Waals surface area contributed by atoms with E-state index in [1.165, 1.54) is 29.3 Å². The fraction of sp³-hybridized carbons (Fsp3) is 0.440. The molecule has 1 amide bonds. The molecule has 2 heterocycles. The zero-order valence-corrected chi connectivity index (χ0v) is 19.9. The molecule has 1 saturated heterocycles. The molecule has 1 aliphatic heterocycles. The molecule has 0 atom stereocenters. The number of nitrogens with zero attached hydrogens (tertiary/aromatic N) is 2.